The van der Waals surface area contributed by atoms with E-state index in [1.807, 2.05) is 0 Å². The Hall–Kier alpha value is -2.19. The van der Waals surface area contributed by atoms with E-state index >= 15 is 0 Å². The molecule has 0 bridgehead atoms. The highest BCUT2D eigenvalue weighted by atomic mass is 16.6. The van der Waals surface area contributed by atoms with E-state index in [9.17, 15) is 10.1 Å². The lowest BCUT2D eigenvalue weighted by molar-refractivity contribution is -0.388. The minimum atomic E-state index is -0.735. The largest absolute Gasteiger partial charge is 0.426 e. The van der Waals surface area contributed by atoms with Crippen LogP contribution >= 0.6 is 0 Å². The van der Waals surface area contributed by atoms with Crippen LogP contribution in [-0.4, -0.2) is 30.6 Å². The van der Waals surface area contributed by atoms with Gasteiger partial charge in [0, 0.05) is 0 Å². The minimum Gasteiger partial charge on any atom is -0.358 e. The van der Waals surface area contributed by atoms with Crippen LogP contribution in [0.3, 0.4) is 0 Å². The molecule has 2 aromatic rings. The summed E-state index contributed by atoms with van der Waals surface area (Å²) in [6, 6.07) is 0. The fourth-order valence-corrected chi connectivity index (χ4v) is 0.668. The third kappa shape index (κ3) is 0.761. The maximum atomic E-state index is 10.3. The molecule has 12 heavy (non-hydrogen) atoms. The van der Waals surface area contributed by atoms with Crippen LogP contribution in [0.25, 0.3) is 11.2 Å². The molecule has 2 heterocycles. The molecule has 0 atom stereocenters. The summed E-state index contributed by atoms with van der Waals surface area (Å²) >= 11 is 0. The second-order valence-corrected chi connectivity index (χ2v) is 1.81. The summed E-state index contributed by atoms with van der Waals surface area (Å²) < 4.78 is 4.21. The predicted molar refractivity (Wildman–Crippen MR) is 31.8 cm³/mol. The smallest absolute Gasteiger partial charge is 0.358 e. The first-order valence-electron chi connectivity index (χ1n) is 2.75. The molecular weight excluding hydrogens is 168 g/mol. The van der Waals surface area contributed by atoms with Gasteiger partial charge >= 0.3 is 5.82 Å². The lowest BCUT2D eigenvalue weighted by Crippen LogP contribution is -1.97. The molecule has 0 aliphatic rings. The predicted octanol–water partition coefficient (Wildman–Crippen LogP) is -0.684. The van der Waals surface area contributed by atoms with Crippen molar-refractivity contribution < 1.29 is 9.55 Å². The van der Waals surface area contributed by atoms with E-state index in [0.717, 1.165) is 0 Å². The van der Waals surface area contributed by atoms with Crippen molar-refractivity contribution in [3.63, 3.8) is 0 Å². The Kier molecular flexibility index (Phi) is 1.17. The lowest BCUT2D eigenvalue weighted by atomic mass is 10.5. The average Bonchev–Trinajstić information content (AvgIpc) is 2.49. The van der Waals surface area contributed by atoms with Crippen molar-refractivity contribution >= 4 is 17.0 Å². The van der Waals surface area contributed by atoms with Gasteiger partial charge in [0.2, 0.25) is 0 Å². The normalized spacial score (nSPS) is 10.3. The zero-order chi connectivity index (χ0) is 8.55. The first kappa shape index (κ1) is 6.52. The number of aromatic nitrogens is 5. The maximum Gasteiger partial charge on any atom is 0.426 e. The number of nitro groups is 1. The summed E-state index contributed by atoms with van der Waals surface area (Å²) in [5, 5.41) is 26.4. The molecule has 0 aromatic carbocycles. The number of fused-ring (bicyclic) bond motifs is 1. The van der Waals surface area contributed by atoms with Crippen LogP contribution in [0.2, 0.25) is 0 Å². The molecule has 60 valence electrons. The van der Waals surface area contributed by atoms with Crippen molar-refractivity contribution in [2.45, 2.75) is 0 Å². The molecule has 0 amide bonds. The van der Waals surface area contributed by atoms with E-state index in [1.165, 1.54) is 0 Å². The quantitative estimate of drug-likeness (QED) is 0.405. The SMILES string of the molecule is O=[N+]([O-])c1nnnc2nonc12. The number of hydrogen-bond donors (Lipinski definition) is 0. The van der Waals surface area contributed by atoms with Gasteiger partial charge < -0.3 is 10.1 Å². The van der Waals surface area contributed by atoms with Crippen molar-refractivity contribution in [3.05, 3.63) is 10.1 Å². The average molecular weight is 168 g/mol. The minimum absolute atomic E-state index is 0.0308. The van der Waals surface area contributed by atoms with Gasteiger partial charge in [-0.1, -0.05) is 5.10 Å². The van der Waals surface area contributed by atoms with Crippen LogP contribution in [0, 0.1) is 10.1 Å². The maximum absolute atomic E-state index is 10.3. The molecule has 0 spiro atoms. The molecule has 9 heteroatoms. The van der Waals surface area contributed by atoms with E-state index in [0.29, 0.717) is 0 Å². The van der Waals surface area contributed by atoms with Gasteiger partial charge in [-0.3, -0.25) is 0 Å². The van der Waals surface area contributed by atoms with Crippen LogP contribution in [-0.2, 0) is 0 Å². The third-order valence-corrected chi connectivity index (χ3v) is 1.13. The summed E-state index contributed by atoms with van der Waals surface area (Å²) in [4.78, 5) is 9.54. The summed E-state index contributed by atoms with van der Waals surface area (Å²) in [5.74, 6) is -0.513. The third-order valence-electron chi connectivity index (χ3n) is 1.13. The zero-order valence-electron chi connectivity index (χ0n) is 5.41. The fourth-order valence-electron chi connectivity index (χ4n) is 0.668. The summed E-state index contributed by atoms with van der Waals surface area (Å²) in [6.45, 7) is 0. The second-order valence-electron chi connectivity index (χ2n) is 1.81. The molecule has 0 aliphatic carbocycles. The Morgan fingerprint density at radius 3 is 2.92 bits per heavy atom. The molecule has 0 unspecified atom stereocenters. The first-order valence-corrected chi connectivity index (χ1v) is 2.75. The molecule has 0 aliphatic heterocycles. The van der Waals surface area contributed by atoms with Gasteiger partial charge in [0.15, 0.2) is 0 Å². The second kappa shape index (κ2) is 2.15. The van der Waals surface area contributed by atoms with E-state index in [4.69, 9.17) is 0 Å². The molecule has 0 fully saturated rings. The Bertz CT molecular complexity index is 436. The highest BCUT2D eigenvalue weighted by molar-refractivity contribution is 5.75. The van der Waals surface area contributed by atoms with Crippen LogP contribution in [0.15, 0.2) is 4.63 Å². The zero-order valence-corrected chi connectivity index (χ0v) is 5.41. The van der Waals surface area contributed by atoms with Gasteiger partial charge in [-0.15, -0.1) is 0 Å². The van der Waals surface area contributed by atoms with E-state index in [1.54, 1.807) is 0 Å². The Morgan fingerprint density at radius 2 is 2.17 bits per heavy atom. The molecule has 0 saturated carbocycles. The van der Waals surface area contributed by atoms with E-state index in [-0.39, 0.29) is 11.2 Å². The van der Waals surface area contributed by atoms with Crippen molar-refractivity contribution in [3.8, 4) is 0 Å². The molecule has 0 saturated heterocycles. The number of nitrogens with zero attached hydrogens (tertiary/aromatic N) is 6. The van der Waals surface area contributed by atoms with Gasteiger partial charge in [-0.2, -0.15) is 0 Å². The fraction of sp³-hybridized carbons (Fsp3) is 0. The van der Waals surface area contributed by atoms with Crippen LogP contribution < -0.4 is 0 Å². The highest BCUT2D eigenvalue weighted by Crippen LogP contribution is 2.14. The van der Waals surface area contributed by atoms with Crippen molar-refractivity contribution in [1.29, 1.82) is 0 Å². The van der Waals surface area contributed by atoms with Crippen LogP contribution in [0.1, 0.15) is 0 Å². The van der Waals surface area contributed by atoms with Crippen molar-refractivity contribution in [1.82, 2.24) is 25.7 Å². The van der Waals surface area contributed by atoms with Crippen LogP contribution in [0.4, 0.5) is 5.82 Å². The molecule has 0 N–H and O–H groups in total. The Labute approximate surface area is 63.5 Å². The van der Waals surface area contributed by atoms with E-state index < -0.39 is 10.7 Å². The molecule has 0 radical (unpaired) electrons. The van der Waals surface area contributed by atoms with Gasteiger partial charge in [0.05, 0.1) is 5.21 Å². The summed E-state index contributed by atoms with van der Waals surface area (Å²) in [6.07, 6.45) is 0. The molecular formula is C3N6O3. The summed E-state index contributed by atoms with van der Waals surface area (Å²) in [5.41, 5.74) is -0.133. The number of rotatable bonds is 1. The van der Waals surface area contributed by atoms with Gasteiger partial charge in [0.1, 0.15) is 5.10 Å². The Balaban J connectivity index is 2.82. The molecule has 9 nitrogen and oxygen atoms in total. The molecule has 2 aromatic heterocycles. The van der Waals surface area contributed by atoms with Crippen LogP contribution in [0.5, 0.6) is 0 Å². The van der Waals surface area contributed by atoms with Crippen molar-refractivity contribution in [2.75, 3.05) is 0 Å². The van der Waals surface area contributed by atoms with Gasteiger partial charge in [-0.05, 0) is 15.2 Å². The van der Waals surface area contributed by atoms with Crippen molar-refractivity contribution in [2.24, 2.45) is 0 Å². The molecule has 2 rings (SSSR count). The summed E-state index contributed by atoms with van der Waals surface area (Å²) in [7, 11) is 0. The highest BCUT2D eigenvalue weighted by Gasteiger charge is 2.20. The topological polar surface area (TPSA) is 121 Å². The number of hydrogen-bond acceptors (Lipinski definition) is 8. The van der Waals surface area contributed by atoms with Gasteiger partial charge in [-0.25, -0.2) is 4.63 Å². The van der Waals surface area contributed by atoms with Gasteiger partial charge in [0.25, 0.3) is 11.2 Å². The first-order chi connectivity index (χ1) is 5.79. The lowest BCUT2D eigenvalue weighted by Gasteiger charge is -1.86. The Morgan fingerprint density at radius 1 is 1.33 bits per heavy atom. The monoisotopic (exact) mass is 168 g/mol. The van der Waals surface area contributed by atoms with E-state index in [2.05, 4.69) is 30.4 Å². The standard InChI is InChI=1S/C3N6O3/c10-9(11)3-1-2(4-8-5-3)7-12-6-1.